The number of nitrogens with zero attached hydrogens (tertiary/aromatic N) is 3. The van der Waals surface area contributed by atoms with Gasteiger partial charge >= 0.3 is 0 Å². The van der Waals surface area contributed by atoms with Gasteiger partial charge in [-0.25, -0.2) is 0 Å². The van der Waals surface area contributed by atoms with E-state index in [1.165, 1.54) is 17.2 Å². The van der Waals surface area contributed by atoms with Crippen LogP contribution < -0.4 is 10.1 Å². The van der Waals surface area contributed by atoms with Gasteiger partial charge in [0.2, 0.25) is 5.91 Å². The molecule has 2 aliphatic heterocycles. The lowest BCUT2D eigenvalue weighted by Crippen LogP contribution is -2.58. The lowest BCUT2D eigenvalue weighted by Gasteiger charge is -2.38. The number of aryl methyl sites for hydroxylation is 1. The number of benzene rings is 2. The molecule has 1 fully saturated rings. The van der Waals surface area contributed by atoms with Gasteiger partial charge in [-0.15, -0.1) is 0 Å². The van der Waals surface area contributed by atoms with Gasteiger partial charge in [-0.1, -0.05) is 37.2 Å². The number of hydrogen-bond acceptors (Lipinski definition) is 6. The molecule has 0 spiro atoms. The number of amides is 1. The van der Waals surface area contributed by atoms with Crippen LogP contribution in [-0.2, 0) is 35.5 Å². The van der Waals surface area contributed by atoms with Gasteiger partial charge in [-0.3, -0.25) is 9.59 Å². The van der Waals surface area contributed by atoms with E-state index in [1.807, 2.05) is 37.6 Å². The maximum absolute atomic E-state index is 11.3. The fourth-order valence-electron chi connectivity index (χ4n) is 5.40. The van der Waals surface area contributed by atoms with Crippen LogP contribution in [0.15, 0.2) is 43.0 Å². The number of likely N-dealkylation sites (N-methyl/N-ethyl adjacent to an activating group) is 2. The first-order valence-corrected chi connectivity index (χ1v) is 14.2. The quantitative estimate of drug-likeness (QED) is 0.328. The van der Waals surface area contributed by atoms with Crippen molar-refractivity contribution in [2.45, 2.75) is 45.8 Å². The summed E-state index contributed by atoms with van der Waals surface area (Å²) in [7, 11) is 5.80. The van der Waals surface area contributed by atoms with E-state index in [-0.39, 0.29) is 12.5 Å². The molecule has 1 aromatic heterocycles. The molecule has 0 bridgehead atoms. The van der Waals surface area contributed by atoms with Crippen LogP contribution >= 0.6 is 11.6 Å². The van der Waals surface area contributed by atoms with E-state index in [0.29, 0.717) is 23.0 Å². The zero-order valence-corrected chi connectivity index (χ0v) is 25.5. The highest BCUT2D eigenvalue weighted by molar-refractivity contribution is 6.31. The summed E-state index contributed by atoms with van der Waals surface area (Å²) in [5.74, 6) is 1.08. The van der Waals surface area contributed by atoms with E-state index in [0.717, 1.165) is 73.1 Å². The Morgan fingerprint density at radius 1 is 1.24 bits per heavy atom. The molecule has 220 valence electrons. The minimum absolute atomic E-state index is 0.0338. The molecule has 3 aromatic rings. The molecule has 1 saturated heterocycles. The monoisotopic (exact) mass is 580 g/mol. The third-order valence-electron chi connectivity index (χ3n) is 7.58. The van der Waals surface area contributed by atoms with Crippen LogP contribution in [0.5, 0.6) is 5.75 Å². The normalized spacial score (nSPS) is 14.5. The number of hydrogen-bond donors (Lipinski definition) is 1. The number of halogens is 1. The lowest BCUT2D eigenvalue weighted by atomic mass is 9.99. The Balaban J connectivity index is 0.000000177. The standard InChI is InChI=1S/C14H14ClNO2.C11H15NO.C7H12N2O/c1-3-13-12(8-18)11-7-10(15)6-9(2)14(11)16(13)4-5-17;1-12-7-6-10-9(8-12)4-3-5-11(10)13-2;1-3-7(10)9-4-6(5-9)8-2/h5-8H,3-4H2,1-2H3;3-5H,6-8H2,1-2H3;3,6,8H,1,4-5H2,2H3. The average molecular weight is 581 g/mol. The lowest BCUT2D eigenvalue weighted by molar-refractivity contribution is -0.130. The number of ether oxygens (including phenoxy) is 1. The molecule has 0 atom stereocenters. The maximum Gasteiger partial charge on any atom is 0.246 e. The molecular weight excluding hydrogens is 540 g/mol. The second kappa shape index (κ2) is 15.0. The molecule has 0 radical (unpaired) electrons. The number of carbonyl (C=O) groups is 3. The smallest absolute Gasteiger partial charge is 0.246 e. The van der Waals surface area contributed by atoms with Crippen molar-refractivity contribution in [3.63, 3.8) is 0 Å². The summed E-state index contributed by atoms with van der Waals surface area (Å²) in [6.45, 7) is 11.4. The molecule has 9 heteroatoms. The number of aldehydes is 2. The Morgan fingerprint density at radius 3 is 2.56 bits per heavy atom. The van der Waals surface area contributed by atoms with Gasteiger partial charge in [0.05, 0.1) is 19.2 Å². The van der Waals surface area contributed by atoms with Gasteiger partial charge in [0.15, 0.2) is 6.29 Å². The van der Waals surface area contributed by atoms with E-state index in [9.17, 15) is 14.4 Å². The largest absolute Gasteiger partial charge is 0.496 e. The molecule has 2 aliphatic rings. The topological polar surface area (TPSA) is 83.9 Å². The molecule has 0 unspecified atom stereocenters. The van der Waals surface area contributed by atoms with Gasteiger partial charge in [-0.2, -0.15) is 0 Å². The van der Waals surface area contributed by atoms with Crippen molar-refractivity contribution in [1.29, 1.82) is 0 Å². The van der Waals surface area contributed by atoms with Crippen molar-refractivity contribution in [2.75, 3.05) is 40.8 Å². The minimum Gasteiger partial charge on any atom is -0.496 e. The number of rotatable bonds is 7. The van der Waals surface area contributed by atoms with E-state index in [2.05, 4.69) is 36.0 Å². The number of methoxy groups -OCH3 is 1. The van der Waals surface area contributed by atoms with E-state index >= 15 is 0 Å². The predicted molar refractivity (Wildman–Crippen MR) is 165 cm³/mol. The molecule has 0 saturated carbocycles. The van der Waals surface area contributed by atoms with Crippen molar-refractivity contribution in [1.82, 2.24) is 19.7 Å². The highest BCUT2D eigenvalue weighted by atomic mass is 35.5. The number of carbonyl (C=O) groups excluding carboxylic acids is 3. The molecule has 3 heterocycles. The highest BCUT2D eigenvalue weighted by Crippen LogP contribution is 2.31. The summed E-state index contributed by atoms with van der Waals surface area (Å²) >= 11 is 6.04. The fourth-order valence-corrected chi connectivity index (χ4v) is 5.67. The van der Waals surface area contributed by atoms with Crippen LogP contribution in [0.25, 0.3) is 10.9 Å². The molecule has 1 N–H and O–H groups in total. The van der Waals surface area contributed by atoms with Crippen LogP contribution in [0.1, 0.15) is 39.7 Å². The SMILES string of the molecule is C=CC(=O)N1CC(NC)C1.CCc1c(C=O)c2cc(Cl)cc(C)c2n1CC=O.COc1cccc2c1CCN(C)C2. The Hall–Kier alpha value is -3.46. The number of nitrogens with one attached hydrogen (secondary N) is 1. The summed E-state index contributed by atoms with van der Waals surface area (Å²) in [5, 5.41) is 4.52. The highest BCUT2D eigenvalue weighted by Gasteiger charge is 2.27. The number of likely N-dealkylation sites (tertiary alicyclic amines) is 1. The van der Waals surface area contributed by atoms with Gasteiger partial charge in [0.1, 0.15) is 12.0 Å². The Bertz CT molecular complexity index is 1390. The summed E-state index contributed by atoms with van der Waals surface area (Å²) in [6.07, 6.45) is 4.86. The molecule has 5 rings (SSSR count). The second-order valence-electron chi connectivity index (χ2n) is 10.2. The molecule has 0 aliphatic carbocycles. The molecule has 2 aromatic carbocycles. The van der Waals surface area contributed by atoms with Crippen LogP contribution in [0.4, 0.5) is 0 Å². The van der Waals surface area contributed by atoms with Crippen LogP contribution in [0.2, 0.25) is 5.02 Å². The molecule has 41 heavy (non-hydrogen) atoms. The Morgan fingerprint density at radius 2 is 1.98 bits per heavy atom. The first-order valence-electron chi connectivity index (χ1n) is 13.8. The second-order valence-corrected chi connectivity index (χ2v) is 10.7. The third kappa shape index (κ3) is 7.44. The number of aromatic nitrogens is 1. The molecular formula is C32H41ClN4O4. The van der Waals surface area contributed by atoms with Crippen molar-refractivity contribution in [3.05, 3.63) is 76.0 Å². The average Bonchev–Trinajstić information content (AvgIpc) is 3.24. The van der Waals surface area contributed by atoms with Gasteiger partial charge in [0.25, 0.3) is 0 Å². The van der Waals surface area contributed by atoms with Crippen LogP contribution in [-0.4, -0.2) is 79.7 Å². The summed E-state index contributed by atoms with van der Waals surface area (Å²) in [4.78, 5) is 37.1. The fraction of sp³-hybridized carbons (Fsp3) is 0.406. The first-order chi connectivity index (χ1) is 19.7. The predicted octanol–water partition coefficient (Wildman–Crippen LogP) is 4.46. The summed E-state index contributed by atoms with van der Waals surface area (Å²) < 4.78 is 7.23. The summed E-state index contributed by atoms with van der Waals surface area (Å²) in [6, 6.07) is 10.4. The van der Waals surface area contributed by atoms with Crippen molar-refractivity contribution >= 4 is 41.0 Å². The van der Waals surface area contributed by atoms with Crippen molar-refractivity contribution in [3.8, 4) is 5.75 Å². The maximum atomic E-state index is 11.3. The van der Waals surface area contributed by atoms with Crippen molar-refractivity contribution in [2.24, 2.45) is 0 Å². The molecule has 8 nitrogen and oxygen atoms in total. The number of fused-ring (bicyclic) bond motifs is 2. The van der Waals surface area contributed by atoms with Crippen molar-refractivity contribution < 1.29 is 19.1 Å². The minimum atomic E-state index is 0.0338. The molecule has 1 amide bonds. The van der Waals surface area contributed by atoms with E-state index < -0.39 is 0 Å². The van der Waals surface area contributed by atoms with Gasteiger partial charge in [-0.05, 0) is 74.8 Å². The third-order valence-corrected chi connectivity index (χ3v) is 7.80. The Labute approximate surface area is 247 Å². The Kier molecular flexibility index (Phi) is 11.7. The van der Waals surface area contributed by atoms with Crippen LogP contribution in [0.3, 0.4) is 0 Å². The van der Waals surface area contributed by atoms with Gasteiger partial charge in [0, 0.05) is 53.9 Å². The van der Waals surface area contributed by atoms with Gasteiger partial charge < -0.3 is 29.2 Å². The van der Waals surface area contributed by atoms with E-state index in [4.69, 9.17) is 16.3 Å². The van der Waals surface area contributed by atoms with Crippen LogP contribution in [0, 0.1) is 6.92 Å². The first kappa shape index (κ1) is 32.1. The zero-order valence-electron chi connectivity index (χ0n) is 24.7. The summed E-state index contributed by atoms with van der Waals surface area (Å²) in [5.41, 5.74) is 6.22. The zero-order chi connectivity index (χ0) is 30.1. The van der Waals surface area contributed by atoms with E-state index in [1.54, 1.807) is 18.1 Å².